The first-order valence-electron chi connectivity index (χ1n) is 5.11. The van der Waals surface area contributed by atoms with Crippen molar-refractivity contribution in [3.05, 3.63) is 47.7 Å². The Morgan fingerprint density at radius 3 is 2.62 bits per heavy atom. The van der Waals surface area contributed by atoms with E-state index in [-0.39, 0.29) is 11.8 Å². The Bertz CT molecular complexity index is 462. The molecule has 0 aliphatic heterocycles. The first-order chi connectivity index (χ1) is 7.65. The third kappa shape index (κ3) is 2.41. The van der Waals surface area contributed by atoms with Crippen molar-refractivity contribution in [3.8, 4) is 5.75 Å². The van der Waals surface area contributed by atoms with Crippen LogP contribution in [-0.4, -0.2) is 10.1 Å². The van der Waals surface area contributed by atoms with Gasteiger partial charge in [0.2, 0.25) is 5.89 Å². The Morgan fingerprint density at radius 2 is 2.06 bits per heavy atom. The number of benzene rings is 1. The minimum absolute atomic E-state index is 0.252. The Kier molecular flexibility index (Phi) is 2.92. The Balaban J connectivity index is 2.07. The summed E-state index contributed by atoms with van der Waals surface area (Å²) in [6.07, 6.45) is 2.30. The zero-order valence-electron chi connectivity index (χ0n) is 9.05. The van der Waals surface area contributed by atoms with Crippen LogP contribution in [0.1, 0.15) is 23.3 Å². The highest BCUT2D eigenvalue weighted by Crippen LogP contribution is 2.17. The number of nitrogens with two attached hydrogens (primary N) is 1. The molecule has 1 atom stereocenters. The van der Waals surface area contributed by atoms with Crippen molar-refractivity contribution in [2.45, 2.75) is 19.4 Å². The number of rotatable bonds is 3. The second-order valence-electron chi connectivity index (χ2n) is 3.79. The van der Waals surface area contributed by atoms with Crippen molar-refractivity contribution in [3.63, 3.8) is 0 Å². The lowest BCUT2D eigenvalue weighted by Crippen LogP contribution is -2.13. The van der Waals surface area contributed by atoms with Gasteiger partial charge in [0.15, 0.2) is 0 Å². The van der Waals surface area contributed by atoms with Gasteiger partial charge in [-0.1, -0.05) is 12.1 Å². The first-order valence-corrected chi connectivity index (χ1v) is 5.11. The van der Waals surface area contributed by atoms with Crippen LogP contribution in [0.2, 0.25) is 0 Å². The third-order valence-electron chi connectivity index (χ3n) is 2.35. The van der Waals surface area contributed by atoms with Gasteiger partial charge in [-0.25, -0.2) is 4.98 Å². The Hall–Kier alpha value is -1.81. The number of hydrogen-bond acceptors (Lipinski definition) is 4. The zero-order valence-corrected chi connectivity index (χ0v) is 9.05. The van der Waals surface area contributed by atoms with E-state index in [9.17, 15) is 0 Å². The number of oxazole rings is 1. The SMILES string of the molecule is Cc1cnc([C@@H](N)Cc2ccc(O)cc2)o1. The molecule has 3 N–H and O–H groups in total. The number of aryl methyl sites for hydroxylation is 1. The quantitative estimate of drug-likeness (QED) is 0.825. The fourth-order valence-corrected chi connectivity index (χ4v) is 1.52. The minimum Gasteiger partial charge on any atom is -0.508 e. The van der Waals surface area contributed by atoms with Crippen molar-refractivity contribution in [2.24, 2.45) is 5.73 Å². The van der Waals surface area contributed by atoms with Gasteiger partial charge in [0.25, 0.3) is 0 Å². The molecule has 0 aliphatic carbocycles. The third-order valence-corrected chi connectivity index (χ3v) is 2.35. The molecule has 2 rings (SSSR count). The normalized spacial score (nSPS) is 12.6. The summed E-state index contributed by atoms with van der Waals surface area (Å²) in [5, 5.41) is 9.15. The molecular weight excluding hydrogens is 204 g/mol. The average molecular weight is 218 g/mol. The van der Waals surface area contributed by atoms with Crippen LogP contribution < -0.4 is 5.73 Å². The molecule has 1 aromatic carbocycles. The first kappa shape index (κ1) is 10.7. The second-order valence-corrected chi connectivity index (χ2v) is 3.79. The maximum Gasteiger partial charge on any atom is 0.211 e. The van der Waals surface area contributed by atoms with Crippen molar-refractivity contribution < 1.29 is 9.52 Å². The molecule has 0 spiro atoms. The molecule has 0 unspecified atom stereocenters. The number of nitrogens with zero attached hydrogens (tertiary/aromatic N) is 1. The smallest absolute Gasteiger partial charge is 0.211 e. The molecular formula is C12H14N2O2. The summed E-state index contributed by atoms with van der Waals surface area (Å²) in [5.41, 5.74) is 7.00. The molecule has 0 fully saturated rings. The van der Waals surface area contributed by atoms with Crippen LogP contribution in [0.5, 0.6) is 5.75 Å². The lowest BCUT2D eigenvalue weighted by atomic mass is 10.1. The van der Waals surface area contributed by atoms with E-state index in [1.807, 2.05) is 19.1 Å². The largest absolute Gasteiger partial charge is 0.508 e. The summed E-state index contributed by atoms with van der Waals surface area (Å²) in [7, 11) is 0. The summed E-state index contributed by atoms with van der Waals surface area (Å²) in [5.74, 6) is 1.56. The van der Waals surface area contributed by atoms with E-state index in [0.29, 0.717) is 12.3 Å². The van der Waals surface area contributed by atoms with Crippen LogP contribution in [0, 0.1) is 6.92 Å². The van der Waals surface area contributed by atoms with Gasteiger partial charge >= 0.3 is 0 Å². The molecule has 4 heteroatoms. The lowest BCUT2D eigenvalue weighted by molar-refractivity contribution is 0.430. The standard InChI is InChI=1S/C12H14N2O2/c1-8-7-14-12(16-8)11(13)6-9-2-4-10(15)5-3-9/h2-5,7,11,15H,6,13H2,1H3/t11-/m0/s1. The van der Waals surface area contributed by atoms with E-state index in [4.69, 9.17) is 15.3 Å². The Morgan fingerprint density at radius 1 is 1.38 bits per heavy atom. The molecule has 0 aliphatic rings. The van der Waals surface area contributed by atoms with Gasteiger partial charge in [-0.05, 0) is 31.0 Å². The van der Waals surface area contributed by atoms with Gasteiger partial charge in [0, 0.05) is 0 Å². The van der Waals surface area contributed by atoms with Gasteiger partial charge in [-0.2, -0.15) is 0 Å². The molecule has 16 heavy (non-hydrogen) atoms. The summed E-state index contributed by atoms with van der Waals surface area (Å²) < 4.78 is 5.36. The van der Waals surface area contributed by atoms with Crippen LogP contribution in [0.3, 0.4) is 0 Å². The molecule has 0 saturated carbocycles. The lowest BCUT2D eigenvalue weighted by Gasteiger charge is -2.07. The molecule has 0 radical (unpaired) electrons. The molecule has 0 amide bonds. The molecule has 4 nitrogen and oxygen atoms in total. The van der Waals surface area contributed by atoms with Crippen molar-refractivity contribution >= 4 is 0 Å². The maximum absolute atomic E-state index is 9.15. The fourth-order valence-electron chi connectivity index (χ4n) is 1.52. The number of aromatic hydroxyl groups is 1. The van der Waals surface area contributed by atoms with Gasteiger partial charge < -0.3 is 15.3 Å². The van der Waals surface area contributed by atoms with Crippen molar-refractivity contribution in [2.75, 3.05) is 0 Å². The van der Waals surface area contributed by atoms with E-state index in [0.717, 1.165) is 11.3 Å². The van der Waals surface area contributed by atoms with Crippen molar-refractivity contribution in [1.29, 1.82) is 0 Å². The molecule has 84 valence electrons. The monoisotopic (exact) mass is 218 g/mol. The van der Waals surface area contributed by atoms with E-state index in [2.05, 4.69) is 4.98 Å². The fraction of sp³-hybridized carbons (Fsp3) is 0.250. The summed E-state index contributed by atoms with van der Waals surface area (Å²) in [6.45, 7) is 1.84. The van der Waals surface area contributed by atoms with Crippen LogP contribution in [0.25, 0.3) is 0 Å². The molecule has 2 aromatic rings. The predicted molar refractivity (Wildman–Crippen MR) is 60.0 cm³/mol. The van der Waals surface area contributed by atoms with Crippen molar-refractivity contribution in [1.82, 2.24) is 4.98 Å². The highest BCUT2D eigenvalue weighted by molar-refractivity contribution is 5.26. The second kappa shape index (κ2) is 4.37. The highest BCUT2D eigenvalue weighted by atomic mass is 16.4. The van der Waals surface area contributed by atoms with Gasteiger partial charge in [0.05, 0.1) is 12.2 Å². The van der Waals surface area contributed by atoms with E-state index in [1.54, 1.807) is 18.3 Å². The average Bonchev–Trinajstić information content (AvgIpc) is 2.68. The highest BCUT2D eigenvalue weighted by Gasteiger charge is 2.12. The van der Waals surface area contributed by atoms with Gasteiger partial charge in [-0.15, -0.1) is 0 Å². The molecule has 1 aromatic heterocycles. The van der Waals surface area contributed by atoms with Gasteiger partial charge in [-0.3, -0.25) is 0 Å². The maximum atomic E-state index is 9.15. The molecule has 0 saturated heterocycles. The van der Waals surface area contributed by atoms with E-state index >= 15 is 0 Å². The molecule has 1 heterocycles. The summed E-state index contributed by atoms with van der Waals surface area (Å²) in [6, 6.07) is 6.71. The predicted octanol–water partition coefficient (Wildman–Crippen LogP) is 1.93. The number of hydrogen-bond donors (Lipinski definition) is 2. The topological polar surface area (TPSA) is 72.3 Å². The van der Waals surface area contributed by atoms with Gasteiger partial charge in [0.1, 0.15) is 11.5 Å². The Labute approximate surface area is 93.7 Å². The number of phenols is 1. The van der Waals surface area contributed by atoms with Crippen LogP contribution >= 0.6 is 0 Å². The van der Waals surface area contributed by atoms with E-state index < -0.39 is 0 Å². The number of phenolic OH excluding ortho intramolecular Hbond substituents is 1. The van der Waals surface area contributed by atoms with E-state index in [1.165, 1.54) is 0 Å². The van der Waals surface area contributed by atoms with Crippen LogP contribution in [0.4, 0.5) is 0 Å². The van der Waals surface area contributed by atoms with Crippen LogP contribution in [0.15, 0.2) is 34.9 Å². The van der Waals surface area contributed by atoms with Crippen LogP contribution in [-0.2, 0) is 6.42 Å². The summed E-state index contributed by atoms with van der Waals surface area (Å²) >= 11 is 0. The minimum atomic E-state index is -0.252. The number of aromatic nitrogens is 1. The zero-order chi connectivity index (χ0) is 11.5. The molecule has 0 bridgehead atoms. The summed E-state index contributed by atoms with van der Waals surface area (Å²) in [4.78, 5) is 4.09.